The molecule has 0 aromatic rings. The van der Waals surface area contributed by atoms with Crippen molar-refractivity contribution in [2.45, 2.75) is 33.2 Å². The van der Waals surface area contributed by atoms with Crippen LogP contribution in [0.15, 0.2) is 12.7 Å². The molecule has 4 nitrogen and oxygen atoms in total. The fraction of sp³-hybridized carbons (Fsp3) is 0.636. The largest absolute Gasteiger partial charge is 0.466 e. The van der Waals surface area contributed by atoms with E-state index < -0.39 is 0 Å². The number of carbonyl (C=O) groups is 2. The molecule has 0 saturated heterocycles. The highest BCUT2D eigenvalue weighted by Gasteiger charge is 2.13. The summed E-state index contributed by atoms with van der Waals surface area (Å²) in [6.45, 7) is 9.62. The van der Waals surface area contributed by atoms with Gasteiger partial charge in [-0.25, -0.2) is 0 Å². The first-order valence-corrected chi connectivity index (χ1v) is 5.05. The van der Waals surface area contributed by atoms with E-state index in [0.29, 0.717) is 19.6 Å². The van der Waals surface area contributed by atoms with Crippen molar-refractivity contribution in [2.24, 2.45) is 0 Å². The Balaban J connectivity index is 3.92. The van der Waals surface area contributed by atoms with Gasteiger partial charge in [0.25, 0.3) is 0 Å². The van der Waals surface area contributed by atoms with Gasteiger partial charge in [-0.15, -0.1) is 0 Å². The Bertz CT molecular complexity index is 236. The van der Waals surface area contributed by atoms with Crippen LogP contribution in [0.4, 0.5) is 0 Å². The molecule has 4 heteroatoms. The molecule has 0 aliphatic carbocycles. The van der Waals surface area contributed by atoms with Gasteiger partial charge < -0.3 is 9.64 Å². The molecule has 0 heterocycles. The summed E-state index contributed by atoms with van der Waals surface area (Å²) in [7, 11) is 0. The SMILES string of the molecule is C=CC(=O)N(CCCOC(C)=O)C(C)C. The number of esters is 1. The van der Waals surface area contributed by atoms with E-state index in [9.17, 15) is 9.59 Å². The Labute approximate surface area is 90.9 Å². The van der Waals surface area contributed by atoms with E-state index >= 15 is 0 Å². The fourth-order valence-corrected chi connectivity index (χ4v) is 1.19. The highest BCUT2D eigenvalue weighted by atomic mass is 16.5. The van der Waals surface area contributed by atoms with Gasteiger partial charge in [-0.2, -0.15) is 0 Å². The van der Waals surface area contributed by atoms with Crippen LogP contribution in [0.3, 0.4) is 0 Å². The standard InChI is InChI=1S/C11H19NO3/c1-5-11(14)12(9(2)3)7-6-8-15-10(4)13/h5,9H,1,6-8H2,2-4H3. The molecule has 0 fully saturated rings. The summed E-state index contributed by atoms with van der Waals surface area (Å²) >= 11 is 0. The molecule has 0 unspecified atom stereocenters. The third-order valence-electron chi connectivity index (χ3n) is 1.93. The van der Waals surface area contributed by atoms with Crippen molar-refractivity contribution in [3.05, 3.63) is 12.7 Å². The molecule has 0 aliphatic heterocycles. The van der Waals surface area contributed by atoms with E-state index in [1.807, 2.05) is 13.8 Å². The average Bonchev–Trinajstić information content (AvgIpc) is 2.15. The van der Waals surface area contributed by atoms with Crippen molar-refractivity contribution < 1.29 is 14.3 Å². The number of hydrogen-bond acceptors (Lipinski definition) is 3. The van der Waals surface area contributed by atoms with E-state index in [1.54, 1.807) is 4.90 Å². The number of carbonyl (C=O) groups excluding carboxylic acids is 2. The van der Waals surface area contributed by atoms with Crippen molar-refractivity contribution in [1.82, 2.24) is 4.90 Å². The minimum atomic E-state index is -0.291. The monoisotopic (exact) mass is 213 g/mol. The number of amides is 1. The lowest BCUT2D eigenvalue weighted by molar-refractivity contribution is -0.141. The summed E-state index contributed by atoms with van der Waals surface area (Å²) in [6.07, 6.45) is 1.95. The van der Waals surface area contributed by atoms with Crippen LogP contribution in [0.5, 0.6) is 0 Å². The Hall–Kier alpha value is -1.32. The second-order valence-electron chi connectivity index (χ2n) is 3.52. The molecular formula is C11H19NO3. The van der Waals surface area contributed by atoms with Crippen LogP contribution < -0.4 is 0 Å². The number of ether oxygens (including phenoxy) is 1. The van der Waals surface area contributed by atoms with E-state index in [1.165, 1.54) is 13.0 Å². The van der Waals surface area contributed by atoms with Crippen LogP contribution in [0.1, 0.15) is 27.2 Å². The van der Waals surface area contributed by atoms with E-state index in [0.717, 1.165) is 0 Å². The summed E-state index contributed by atoms with van der Waals surface area (Å²) in [5.41, 5.74) is 0. The zero-order valence-electron chi connectivity index (χ0n) is 9.66. The number of hydrogen-bond donors (Lipinski definition) is 0. The molecule has 0 saturated carbocycles. The Morgan fingerprint density at radius 1 is 1.47 bits per heavy atom. The molecule has 0 aromatic heterocycles. The maximum absolute atomic E-state index is 11.4. The summed E-state index contributed by atoms with van der Waals surface area (Å²) in [5.74, 6) is -0.381. The van der Waals surface area contributed by atoms with Crippen LogP contribution in [-0.2, 0) is 14.3 Å². The van der Waals surface area contributed by atoms with Crippen LogP contribution in [-0.4, -0.2) is 36.0 Å². The molecular weight excluding hydrogens is 194 g/mol. The molecule has 0 spiro atoms. The predicted octanol–water partition coefficient (Wildman–Crippen LogP) is 1.36. The third-order valence-corrected chi connectivity index (χ3v) is 1.93. The molecule has 0 N–H and O–H groups in total. The van der Waals surface area contributed by atoms with Crippen molar-refractivity contribution in [3.8, 4) is 0 Å². The van der Waals surface area contributed by atoms with Crippen LogP contribution >= 0.6 is 0 Å². The van der Waals surface area contributed by atoms with Gasteiger partial charge >= 0.3 is 5.97 Å². The first kappa shape index (κ1) is 13.7. The number of nitrogens with zero attached hydrogens (tertiary/aromatic N) is 1. The first-order chi connectivity index (χ1) is 6.99. The predicted molar refractivity (Wildman–Crippen MR) is 58.3 cm³/mol. The van der Waals surface area contributed by atoms with Crippen molar-refractivity contribution in [1.29, 1.82) is 0 Å². The van der Waals surface area contributed by atoms with E-state index in [2.05, 4.69) is 6.58 Å². The van der Waals surface area contributed by atoms with Crippen LogP contribution in [0.25, 0.3) is 0 Å². The second kappa shape index (κ2) is 7.04. The Morgan fingerprint density at radius 2 is 2.07 bits per heavy atom. The highest BCUT2D eigenvalue weighted by Crippen LogP contribution is 2.01. The first-order valence-electron chi connectivity index (χ1n) is 5.05. The zero-order chi connectivity index (χ0) is 11.8. The lowest BCUT2D eigenvalue weighted by atomic mass is 10.3. The van der Waals surface area contributed by atoms with Gasteiger partial charge in [0.05, 0.1) is 6.61 Å². The minimum Gasteiger partial charge on any atom is -0.466 e. The molecule has 0 rings (SSSR count). The summed E-state index contributed by atoms with van der Waals surface area (Å²) < 4.78 is 4.78. The van der Waals surface area contributed by atoms with Gasteiger partial charge in [0, 0.05) is 19.5 Å². The van der Waals surface area contributed by atoms with Crippen molar-refractivity contribution in [3.63, 3.8) is 0 Å². The Morgan fingerprint density at radius 3 is 2.47 bits per heavy atom. The van der Waals surface area contributed by atoms with Crippen LogP contribution in [0.2, 0.25) is 0 Å². The summed E-state index contributed by atoms with van der Waals surface area (Å²) in [5, 5.41) is 0. The van der Waals surface area contributed by atoms with Gasteiger partial charge in [-0.1, -0.05) is 6.58 Å². The highest BCUT2D eigenvalue weighted by molar-refractivity contribution is 5.87. The fourth-order valence-electron chi connectivity index (χ4n) is 1.19. The molecule has 0 radical (unpaired) electrons. The van der Waals surface area contributed by atoms with Crippen LogP contribution in [0, 0.1) is 0 Å². The third kappa shape index (κ3) is 5.88. The normalized spacial score (nSPS) is 9.87. The Kier molecular flexibility index (Phi) is 6.42. The lowest BCUT2D eigenvalue weighted by Crippen LogP contribution is -2.36. The summed E-state index contributed by atoms with van der Waals surface area (Å²) in [4.78, 5) is 23.6. The molecule has 0 bridgehead atoms. The molecule has 86 valence electrons. The lowest BCUT2D eigenvalue weighted by Gasteiger charge is -2.25. The topological polar surface area (TPSA) is 46.6 Å². The average molecular weight is 213 g/mol. The minimum absolute atomic E-state index is 0.0900. The maximum atomic E-state index is 11.4. The zero-order valence-corrected chi connectivity index (χ0v) is 9.66. The molecule has 15 heavy (non-hydrogen) atoms. The van der Waals surface area contributed by atoms with Gasteiger partial charge in [0.2, 0.25) is 5.91 Å². The molecule has 0 aromatic carbocycles. The number of rotatable bonds is 6. The molecule has 1 amide bonds. The quantitative estimate of drug-likeness (QED) is 0.380. The van der Waals surface area contributed by atoms with Crippen molar-refractivity contribution in [2.75, 3.05) is 13.2 Å². The van der Waals surface area contributed by atoms with E-state index in [4.69, 9.17) is 4.74 Å². The van der Waals surface area contributed by atoms with Gasteiger partial charge in [0.15, 0.2) is 0 Å². The summed E-state index contributed by atoms with van der Waals surface area (Å²) in [6, 6.07) is 0.132. The maximum Gasteiger partial charge on any atom is 0.302 e. The second-order valence-corrected chi connectivity index (χ2v) is 3.52. The van der Waals surface area contributed by atoms with Gasteiger partial charge in [0.1, 0.15) is 0 Å². The van der Waals surface area contributed by atoms with Crippen molar-refractivity contribution >= 4 is 11.9 Å². The smallest absolute Gasteiger partial charge is 0.302 e. The van der Waals surface area contributed by atoms with Gasteiger partial charge in [-0.3, -0.25) is 9.59 Å². The molecule has 0 aliphatic rings. The van der Waals surface area contributed by atoms with E-state index in [-0.39, 0.29) is 17.9 Å². The van der Waals surface area contributed by atoms with Gasteiger partial charge in [-0.05, 0) is 26.3 Å². The molecule has 0 atom stereocenters.